The predicted molar refractivity (Wildman–Crippen MR) is 318 cm³/mol. The summed E-state index contributed by atoms with van der Waals surface area (Å²) in [4.78, 5) is 48.6. The Labute approximate surface area is 522 Å². The lowest BCUT2D eigenvalue weighted by Gasteiger charge is -2.33. The summed E-state index contributed by atoms with van der Waals surface area (Å²) in [5, 5.41) is 28.9. The number of non-ortho nitro benzene ring substituents is 2. The smallest absolute Gasteiger partial charge is 0.410 e. The number of anilines is 2. The highest BCUT2D eigenvalue weighted by atomic mass is 19.2. The van der Waals surface area contributed by atoms with Gasteiger partial charge in [-0.1, -0.05) is 24.3 Å². The van der Waals surface area contributed by atoms with Gasteiger partial charge in [0.15, 0.2) is 69.5 Å². The van der Waals surface area contributed by atoms with E-state index < -0.39 is 109 Å². The third-order valence-corrected chi connectivity index (χ3v) is 11.9. The molecule has 1 atom stereocenters. The molecule has 1 unspecified atom stereocenters. The number of benzene rings is 8. The summed E-state index contributed by atoms with van der Waals surface area (Å²) in [6.07, 6.45) is 2.14. The molecule has 29 heteroatoms. The normalized spacial score (nSPS) is 12.1. The van der Waals surface area contributed by atoms with E-state index in [4.69, 9.17) is 35.6 Å². The summed E-state index contributed by atoms with van der Waals surface area (Å²) in [5.74, 6) is -7.01. The van der Waals surface area contributed by atoms with Gasteiger partial charge in [0.1, 0.15) is 28.7 Å². The molecule has 0 saturated carbocycles. The zero-order chi connectivity index (χ0) is 68.5. The summed E-state index contributed by atoms with van der Waals surface area (Å²) in [7, 11) is 0. The number of nitro groups is 2. The molecule has 1 saturated heterocycles. The summed E-state index contributed by atoms with van der Waals surface area (Å²) in [6.45, 7) is 5.80. The second kappa shape index (κ2) is 34.6. The van der Waals surface area contributed by atoms with Crippen molar-refractivity contribution in [3.8, 4) is 40.2 Å². The first kappa shape index (κ1) is 72.4. The van der Waals surface area contributed by atoms with E-state index in [2.05, 4.69) is 10.4 Å². The zero-order valence-electron chi connectivity index (χ0n) is 48.9. The topological polar surface area (TPSA) is 258 Å². The molecule has 93 heavy (non-hydrogen) atoms. The molecule has 1 aromatic heterocycles. The molecule has 1 fully saturated rings. The highest BCUT2D eigenvalue weighted by Gasteiger charge is 2.34. The van der Waals surface area contributed by atoms with E-state index >= 15 is 0 Å². The summed E-state index contributed by atoms with van der Waals surface area (Å²) in [5.41, 5.74) is 7.77. The second-order valence-corrected chi connectivity index (χ2v) is 19.9. The van der Waals surface area contributed by atoms with Gasteiger partial charge in [-0.3, -0.25) is 35.8 Å². The molecule has 0 radical (unpaired) electrons. The highest BCUT2D eigenvalue weighted by molar-refractivity contribution is 5.98. The van der Waals surface area contributed by atoms with Gasteiger partial charge < -0.3 is 40.1 Å². The molecular weight excluding hydrogens is 1250 g/mol. The van der Waals surface area contributed by atoms with Crippen molar-refractivity contribution in [1.29, 1.82) is 0 Å². The number of nitrogens with zero attached hydrogens (tertiary/aromatic N) is 4. The van der Waals surface area contributed by atoms with E-state index in [1.807, 2.05) is 0 Å². The number of rotatable bonds is 11. The Kier molecular flexibility index (Phi) is 26.9. The summed E-state index contributed by atoms with van der Waals surface area (Å²) >= 11 is 0. The first-order chi connectivity index (χ1) is 44.0. The number of ether oxygens (including phenoxy) is 4. The number of phenols is 1. The van der Waals surface area contributed by atoms with Crippen LogP contribution in [0, 0.1) is 90.1 Å². The maximum Gasteiger partial charge on any atom is 0.410 e. The number of nitro benzene ring substituents is 2. The number of nitrogens with one attached hydrogen (secondary N) is 1. The van der Waals surface area contributed by atoms with E-state index in [-0.39, 0.29) is 40.9 Å². The number of Topliss-reactive ketones (excluding diaryl/α,β-unsaturated/α-hetero) is 1. The van der Waals surface area contributed by atoms with Crippen LogP contribution in [0.2, 0.25) is 0 Å². The Balaban J connectivity index is 0.000000207. The fraction of sp³-hybridized carbons (Fsp3) is 0.141. The number of aromatic hydroxyl groups is 1. The van der Waals surface area contributed by atoms with Gasteiger partial charge in [0.2, 0.25) is 17.5 Å². The fourth-order valence-corrected chi connectivity index (χ4v) is 7.45. The lowest BCUT2D eigenvalue weighted by molar-refractivity contribution is -0.385. The van der Waals surface area contributed by atoms with Gasteiger partial charge in [-0.05, 0) is 155 Å². The molecule has 0 spiro atoms. The van der Waals surface area contributed by atoms with Crippen molar-refractivity contribution in [2.75, 3.05) is 24.2 Å². The third kappa shape index (κ3) is 22.9. The number of hydrogen-bond acceptors (Lipinski definition) is 15. The van der Waals surface area contributed by atoms with Crippen molar-refractivity contribution in [1.82, 2.24) is 9.88 Å². The van der Waals surface area contributed by atoms with Gasteiger partial charge in [0.05, 0.1) is 27.8 Å². The van der Waals surface area contributed by atoms with E-state index in [0.717, 1.165) is 67.0 Å². The monoisotopic (exact) mass is 1310 g/mol. The van der Waals surface area contributed by atoms with Crippen molar-refractivity contribution < 1.29 is 91.8 Å². The molecule has 8 aromatic carbocycles. The van der Waals surface area contributed by atoms with Crippen LogP contribution in [0.4, 0.5) is 75.8 Å². The average Bonchev–Trinajstić information content (AvgIpc) is 0.890. The Morgan fingerprint density at radius 3 is 1.33 bits per heavy atom. The third-order valence-electron chi connectivity index (χ3n) is 11.9. The van der Waals surface area contributed by atoms with Gasteiger partial charge in [-0.15, -0.1) is 0 Å². The van der Waals surface area contributed by atoms with Crippen molar-refractivity contribution in [2.45, 2.75) is 39.2 Å². The largest absolute Gasteiger partial charge is 0.505 e. The van der Waals surface area contributed by atoms with E-state index in [1.165, 1.54) is 71.6 Å². The van der Waals surface area contributed by atoms with Crippen LogP contribution in [0.15, 0.2) is 182 Å². The lowest BCUT2D eigenvalue weighted by Crippen LogP contribution is -2.44. The summed E-state index contributed by atoms with van der Waals surface area (Å²) in [6, 6.07) is 36.6. The van der Waals surface area contributed by atoms with Crippen LogP contribution < -0.4 is 31.2 Å². The Morgan fingerprint density at radius 2 is 0.946 bits per heavy atom. The number of amides is 1. The molecular formula is C64H54F11N7O11. The number of carbonyl (C=O) groups excluding carboxylic acids is 2. The number of halogens is 11. The van der Waals surface area contributed by atoms with Gasteiger partial charge in [0, 0.05) is 54.6 Å². The number of carbonyl (C=O) groups is 2. The first-order valence-electron chi connectivity index (χ1n) is 26.9. The number of ketones is 1. The molecule has 18 nitrogen and oxygen atoms in total. The minimum atomic E-state index is -1.20. The number of likely N-dealkylation sites (tertiary alicyclic amines) is 1. The molecule has 0 aliphatic carbocycles. The Morgan fingerprint density at radius 1 is 0.559 bits per heavy atom. The molecule has 0 bridgehead atoms. The first-order valence-corrected chi connectivity index (χ1v) is 26.9. The quantitative estimate of drug-likeness (QED) is 0.0234. The summed E-state index contributed by atoms with van der Waals surface area (Å²) < 4.78 is 163. The van der Waals surface area contributed by atoms with Crippen molar-refractivity contribution in [3.05, 3.63) is 272 Å². The van der Waals surface area contributed by atoms with E-state index in [1.54, 1.807) is 69.3 Å². The van der Waals surface area contributed by atoms with Crippen LogP contribution in [-0.4, -0.2) is 55.4 Å². The lowest BCUT2D eigenvalue weighted by atomic mass is 9.90. The zero-order valence-corrected chi connectivity index (χ0v) is 48.9. The van der Waals surface area contributed by atoms with Crippen LogP contribution in [-0.2, 0) is 4.74 Å². The number of phenolic OH excluding ortho intramolecular Hbond substituents is 1. The Bertz CT molecular complexity index is 3930. The number of pyridine rings is 1. The number of piperidine rings is 1. The van der Waals surface area contributed by atoms with Crippen molar-refractivity contribution in [3.63, 3.8) is 0 Å². The molecule has 10 rings (SSSR count). The minimum absolute atomic E-state index is 0.0922. The average molecular weight is 1310 g/mol. The van der Waals surface area contributed by atoms with Crippen LogP contribution in [0.1, 0.15) is 44.0 Å². The number of aromatic nitrogens is 1. The highest BCUT2D eigenvalue weighted by Crippen LogP contribution is 2.31. The SMILES string of the molecule is CC(C)(C)OC(=O)N1CCCC(C(=O)c2c(F)cncc2F)C1.NNc1ccc(Oc2cccc(F)c2F)cc1.Nc1ccc(Oc2cccc(F)c2F)cc1.O=[N+]([O-])c1ccc(F)cc1.O=[N+]([O-])c1ccc(Oc2cccc(F)c2F)cc1.Oc1cccc(F)c1F. The standard InChI is InChI=1S/C16H20F2N2O3.C12H10F2N2O.C12H7F2NO3.C12H9F2NO.C6H4F2O.C6H4FNO2/c1-16(2,3)23-15(22)20-6-4-5-10(9-20)14(21)13-11(17)7-19-8-12(13)18;13-10-2-1-3-11(12(10)14)17-9-6-4-8(16-15)5-7-9;13-10-2-1-3-11(12(10)14)18-9-6-4-8(5-7-9)15(16)17;13-10-2-1-3-11(12(10)14)16-9-6-4-8(15)5-7-9;7-4-2-1-3-5(9)6(4)8;7-5-1-3-6(4-2-5)8(9)10/h7-8,10H,4-6,9H2,1-3H3;1-7,16H,15H2;1-7H;1-7H,15H2;1-3,9H;1-4H. The number of nitrogen functional groups attached to an aromatic ring is 2. The van der Waals surface area contributed by atoms with Crippen LogP contribution in [0.25, 0.3) is 0 Å². The van der Waals surface area contributed by atoms with Crippen LogP contribution in [0.3, 0.4) is 0 Å². The molecule has 1 aliphatic heterocycles. The molecule has 1 aliphatic rings. The van der Waals surface area contributed by atoms with Crippen LogP contribution >= 0.6 is 0 Å². The van der Waals surface area contributed by atoms with E-state index in [9.17, 15) is 78.1 Å². The van der Waals surface area contributed by atoms with Gasteiger partial charge in [-0.2, -0.15) is 17.6 Å². The maximum absolute atomic E-state index is 13.7. The molecule has 1 amide bonds. The Hall–Kier alpha value is -11.4. The number of hydrogen-bond donors (Lipinski definition) is 4. The van der Waals surface area contributed by atoms with Crippen molar-refractivity contribution >= 4 is 34.6 Å². The van der Waals surface area contributed by atoms with Crippen molar-refractivity contribution in [2.24, 2.45) is 11.8 Å². The molecule has 488 valence electrons. The number of hydrazine groups is 1. The second-order valence-electron chi connectivity index (χ2n) is 19.9. The van der Waals surface area contributed by atoms with Gasteiger partial charge in [-0.25, -0.2) is 35.5 Å². The molecule has 2 heterocycles. The van der Waals surface area contributed by atoms with E-state index in [0.29, 0.717) is 42.3 Å². The van der Waals surface area contributed by atoms with Gasteiger partial charge >= 0.3 is 6.09 Å². The molecule has 9 aromatic rings. The minimum Gasteiger partial charge on any atom is -0.505 e. The maximum atomic E-state index is 13.7. The predicted octanol–water partition coefficient (Wildman–Crippen LogP) is 16.6. The fourth-order valence-electron chi connectivity index (χ4n) is 7.45. The molecule has 6 N–H and O–H groups in total. The number of nitrogens with two attached hydrogens (primary N) is 2. The van der Waals surface area contributed by atoms with Crippen LogP contribution in [0.5, 0.6) is 40.2 Å². The van der Waals surface area contributed by atoms with Gasteiger partial charge in [0.25, 0.3) is 11.4 Å².